The smallest absolute Gasteiger partial charge is 0.140 e. The lowest BCUT2D eigenvalue weighted by Crippen LogP contribution is -2.12. The molecule has 0 radical (unpaired) electrons. The van der Waals surface area contributed by atoms with E-state index in [9.17, 15) is 5.26 Å². The molecule has 29 heavy (non-hydrogen) atoms. The number of nitrogens with one attached hydrogen (secondary N) is 1. The van der Waals surface area contributed by atoms with Crippen molar-refractivity contribution in [3.63, 3.8) is 0 Å². The van der Waals surface area contributed by atoms with E-state index in [1.165, 1.54) is 5.56 Å². The Labute approximate surface area is 190 Å². The fourth-order valence-electron chi connectivity index (χ4n) is 2.54. The van der Waals surface area contributed by atoms with Crippen molar-refractivity contribution in [3.8, 4) is 6.07 Å². The lowest BCUT2D eigenvalue weighted by molar-refractivity contribution is 0.590. The molecule has 3 aromatic rings. The van der Waals surface area contributed by atoms with Gasteiger partial charge in [-0.3, -0.25) is 0 Å². The molecule has 0 aliphatic carbocycles. The number of nitrogens with zero attached hydrogens (tertiary/aromatic N) is 1. The van der Waals surface area contributed by atoms with Gasteiger partial charge in [0.1, 0.15) is 6.04 Å². The van der Waals surface area contributed by atoms with Crippen molar-refractivity contribution in [2.75, 3.05) is 11.1 Å². The molecule has 0 saturated carbocycles. The zero-order valence-corrected chi connectivity index (χ0v) is 20.0. The van der Waals surface area contributed by atoms with E-state index in [-0.39, 0.29) is 11.5 Å². The van der Waals surface area contributed by atoms with Crippen molar-refractivity contribution in [3.05, 3.63) is 92.9 Å². The molecule has 5 heteroatoms. The minimum atomic E-state index is -0.347. The van der Waals surface area contributed by atoms with Gasteiger partial charge in [-0.05, 0) is 65.1 Å². The molecule has 0 aliphatic rings. The van der Waals surface area contributed by atoms with Crippen LogP contribution in [0.3, 0.4) is 0 Å². The predicted octanol–water partition coefficient (Wildman–Crippen LogP) is 7.45. The van der Waals surface area contributed by atoms with Gasteiger partial charge in [-0.1, -0.05) is 76.9 Å². The maximum atomic E-state index is 9.40. The number of halogens is 2. The Morgan fingerprint density at radius 3 is 1.72 bits per heavy atom. The normalized spacial score (nSPS) is 11.6. The maximum absolute atomic E-state index is 9.40. The summed E-state index contributed by atoms with van der Waals surface area (Å²) in [5.41, 5.74) is 9.51. The quantitative estimate of drug-likeness (QED) is 0.356. The van der Waals surface area contributed by atoms with Crippen LogP contribution in [0.1, 0.15) is 37.9 Å². The van der Waals surface area contributed by atoms with Gasteiger partial charge >= 0.3 is 0 Å². The van der Waals surface area contributed by atoms with E-state index in [0.717, 1.165) is 25.9 Å². The number of nitrogen functional groups attached to an aromatic ring is 1. The van der Waals surface area contributed by atoms with Crippen molar-refractivity contribution in [2.24, 2.45) is 0 Å². The first-order chi connectivity index (χ1) is 13.7. The SMILES string of the molecule is CC(C)(C)c1ccc(C(C#N)Nc2ccc(Br)cc2)cc1.Nc1ccc(Br)cc1. The third-order valence-corrected chi connectivity index (χ3v) is 5.32. The predicted molar refractivity (Wildman–Crippen MR) is 130 cm³/mol. The molecule has 0 bridgehead atoms. The molecule has 3 aromatic carbocycles. The molecule has 0 amide bonds. The van der Waals surface area contributed by atoms with Gasteiger partial charge in [-0.15, -0.1) is 0 Å². The molecule has 0 heterocycles. The van der Waals surface area contributed by atoms with Crippen LogP contribution < -0.4 is 11.1 Å². The summed E-state index contributed by atoms with van der Waals surface area (Å²) in [5, 5.41) is 12.7. The van der Waals surface area contributed by atoms with E-state index in [1.807, 2.05) is 60.7 Å². The number of hydrogen-bond donors (Lipinski definition) is 2. The van der Waals surface area contributed by atoms with E-state index < -0.39 is 0 Å². The van der Waals surface area contributed by atoms with Crippen LogP contribution in [0.25, 0.3) is 0 Å². The van der Waals surface area contributed by atoms with Crippen LogP contribution in [-0.4, -0.2) is 0 Å². The fourth-order valence-corrected chi connectivity index (χ4v) is 3.07. The van der Waals surface area contributed by atoms with Crippen LogP contribution in [0.2, 0.25) is 0 Å². The second-order valence-corrected chi connectivity index (χ2v) is 9.47. The van der Waals surface area contributed by atoms with E-state index in [2.05, 4.69) is 76.1 Å². The van der Waals surface area contributed by atoms with Crippen molar-refractivity contribution >= 4 is 43.2 Å². The molecule has 3 nitrogen and oxygen atoms in total. The maximum Gasteiger partial charge on any atom is 0.140 e. The zero-order valence-electron chi connectivity index (χ0n) is 16.8. The Bertz CT molecular complexity index is 915. The molecule has 3 rings (SSSR count). The molecule has 0 fully saturated rings. The second-order valence-electron chi connectivity index (χ2n) is 7.64. The Hall–Kier alpha value is -2.29. The van der Waals surface area contributed by atoms with Crippen LogP contribution in [0.15, 0.2) is 81.7 Å². The summed E-state index contributed by atoms with van der Waals surface area (Å²) in [4.78, 5) is 0. The molecule has 150 valence electrons. The number of anilines is 2. The van der Waals surface area contributed by atoms with E-state index in [1.54, 1.807) is 0 Å². The summed E-state index contributed by atoms with van der Waals surface area (Å²) in [6, 6.07) is 25.6. The fraction of sp³-hybridized carbons (Fsp3) is 0.208. The summed E-state index contributed by atoms with van der Waals surface area (Å²) < 4.78 is 2.09. The number of benzene rings is 3. The van der Waals surface area contributed by atoms with Gasteiger partial charge in [0.25, 0.3) is 0 Å². The molecular formula is C24H25Br2N3. The summed E-state index contributed by atoms with van der Waals surface area (Å²) in [6.45, 7) is 6.55. The Morgan fingerprint density at radius 1 is 0.828 bits per heavy atom. The molecule has 1 atom stereocenters. The first-order valence-corrected chi connectivity index (χ1v) is 10.8. The van der Waals surface area contributed by atoms with Gasteiger partial charge in [-0.2, -0.15) is 5.26 Å². The largest absolute Gasteiger partial charge is 0.399 e. The number of hydrogen-bond acceptors (Lipinski definition) is 3. The minimum absolute atomic E-state index is 0.125. The summed E-state index contributed by atoms with van der Waals surface area (Å²) in [6.07, 6.45) is 0. The number of nitriles is 1. The van der Waals surface area contributed by atoms with Crippen LogP contribution in [-0.2, 0) is 5.41 Å². The highest BCUT2D eigenvalue weighted by atomic mass is 79.9. The summed E-state index contributed by atoms with van der Waals surface area (Å²) in [5.74, 6) is 0. The minimum Gasteiger partial charge on any atom is -0.399 e. The average Bonchev–Trinajstić information content (AvgIpc) is 2.70. The lowest BCUT2D eigenvalue weighted by atomic mass is 9.86. The van der Waals surface area contributed by atoms with Gasteiger partial charge in [0, 0.05) is 20.3 Å². The van der Waals surface area contributed by atoms with Gasteiger partial charge in [-0.25, -0.2) is 0 Å². The van der Waals surface area contributed by atoms with E-state index in [0.29, 0.717) is 0 Å². The van der Waals surface area contributed by atoms with Crippen molar-refractivity contribution < 1.29 is 0 Å². The number of nitrogens with two attached hydrogens (primary N) is 1. The summed E-state index contributed by atoms with van der Waals surface area (Å²) >= 11 is 6.70. The zero-order chi connectivity index (χ0) is 21.4. The van der Waals surface area contributed by atoms with E-state index >= 15 is 0 Å². The standard InChI is InChI=1S/C18H19BrN2.C6H6BrN/c1-18(2,3)14-6-4-13(5-7-14)17(12-20)21-16-10-8-15(19)9-11-16;7-5-1-3-6(8)4-2-5/h4-11,17,21H,1-3H3;1-4H,8H2. The third kappa shape index (κ3) is 7.56. The van der Waals surface area contributed by atoms with Crippen molar-refractivity contribution in [1.82, 2.24) is 0 Å². The average molecular weight is 515 g/mol. The van der Waals surface area contributed by atoms with Crippen LogP contribution >= 0.6 is 31.9 Å². The van der Waals surface area contributed by atoms with Gasteiger partial charge in [0.15, 0.2) is 0 Å². The van der Waals surface area contributed by atoms with E-state index in [4.69, 9.17) is 5.73 Å². The highest BCUT2D eigenvalue weighted by molar-refractivity contribution is 9.10. The molecule has 3 N–H and O–H groups in total. The van der Waals surface area contributed by atoms with Crippen LogP contribution in [0.5, 0.6) is 0 Å². The molecule has 0 aliphatic heterocycles. The first kappa shape index (κ1) is 23.0. The second kappa shape index (κ2) is 10.5. The van der Waals surface area contributed by atoms with Crippen molar-refractivity contribution in [1.29, 1.82) is 5.26 Å². The first-order valence-electron chi connectivity index (χ1n) is 9.22. The Balaban J connectivity index is 0.000000313. The number of rotatable bonds is 3. The highest BCUT2D eigenvalue weighted by Gasteiger charge is 2.15. The molecular weight excluding hydrogens is 490 g/mol. The Kier molecular flexibility index (Phi) is 8.31. The van der Waals surface area contributed by atoms with Crippen LogP contribution in [0.4, 0.5) is 11.4 Å². The molecule has 0 aromatic heterocycles. The Morgan fingerprint density at radius 2 is 1.31 bits per heavy atom. The van der Waals surface area contributed by atoms with Crippen LogP contribution in [0, 0.1) is 11.3 Å². The van der Waals surface area contributed by atoms with Gasteiger partial charge in [0.2, 0.25) is 0 Å². The highest BCUT2D eigenvalue weighted by Crippen LogP contribution is 2.25. The topological polar surface area (TPSA) is 61.8 Å². The van der Waals surface area contributed by atoms with Gasteiger partial charge < -0.3 is 11.1 Å². The third-order valence-electron chi connectivity index (χ3n) is 4.26. The van der Waals surface area contributed by atoms with Gasteiger partial charge in [0.05, 0.1) is 6.07 Å². The lowest BCUT2D eigenvalue weighted by Gasteiger charge is -2.20. The molecule has 0 spiro atoms. The summed E-state index contributed by atoms with van der Waals surface area (Å²) in [7, 11) is 0. The molecule has 0 saturated heterocycles. The molecule has 1 unspecified atom stereocenters. The van der Waals surface area contributed by atoms with Crippen molar-refractivity contribution in [2.45, 2.75) is 32.2 Å². The monoisotopic (exact) mass is 513 g/mol.